The molecule has 2 heterocycles. The Bertz CT molecular complexity index is 769. The molecular weight excluding hydrogens is 338 g/mol. The summed E-state index contributed by atoms with van der Waals surface area (Å²) in [4.78, 5) is 16.6. The molecule has 6 nitrogen and oxygen atoms in total. The van der Waals surface area contributed by atoms with E-state index in [9.17, 15) is 4.79 Å². The van der Waals surface area contributed by atoms with Gasteiger partial charge in [-0.05, 0) is 43.7 Å². The van der Waals surface area contributed by atoms with Crippen molar-refractivity contribution < 1.29 is 14.6 Å². The van der Waals surface area contributed by atoms with Crippen molar-refractivity contribution in [2.75, 3.05) is 11.9 Å². The summed E-state index contributed by atoms with van der Waals surface area (Å²) < 4.78 is 5.80. The Morgan fingerprint density at radius 2 is 2.08 bits per heavy atom. The summed E-state index contributed by atoms with van der Waals surface area (Å²) >= 11 is 1.67. The lowest BCUT2D eigenvalue weighted by Gasteiger charge is -2.28. The van der Waals surface area contributed by atoms with Gasteiger partial charge in [0.1, 0.15) is 12.4 Å². The fraction of sp³-hybridized carbons (Fsp3) is 0.444. The van der Waals surface area contributed by atoms with E-state index in [0.717, 1.165) is 47.8 Å². The number of anilines is 1. The maximum atomic E-state index is 10.6. The smallest absolute Gasteiger partial charge is 0.404 e. The molecule has 7 heteroatoms. The molecule has 132 valence electrons. The third kappa shape index (κ3) is 3.56. The Morgan fingerprint density at radius 3 is 2.88 bits per heavy atom. The molecule has 1 aromatic carbocycles. The molecule has 0 spiro atoms. The predicted molar refractivity (Wildman–Crippen MR) is 97.3 cm³/mol. The number of para-hydroxylation sites is 1. The van der Waals surface area contributed by atoms with Gasteiger partial charge in [0.25, 0.3) is 0 Å². The molecule has 1 saturated carbocycles. The van der Waals surface area contributed by atoms with E-state index < -0.39 is 6.09 Å². The summed E-state index contributed by atoms with van der Waals surface area (Å²) in [7, 11) is 0. The van der Waals surface area contributed by atoms with Gasteiger partial charge in [0.15, 0.2) is 5.13 Å². The van der Waals surface area contributed by atoms with Crippen molar-refractivity contribution in [1.29, 1.82) is 0 Å². The molecule has 3 N–H and O–H groups in total. The van der Waals surface area contributed by atoms with Crippen LogP contribution in [0, 0.1) is 5.92 Å². The van der Waals surface area contributed by atoms with Gasteiger partial charge in [-0.25, -0.2) is 9.78 Å². The Balaban J connectivity index is 1.38. The van der Waals surface area contributed by atoms with Crippen LogP contribution in [0.1, 0.15) is 30.6 Å². The van der Waals surface area contributed by atoms with Crippen LogP contribution < -0.4 is 15.4 Å². The van der Waals surface area contributed by atoms with Gasteiger partial charge in [-0.15, -0.1) is 0 Å². The highest BCUT2D eigenvalue weighted by molar-refractivity contribution is 7.16. The van der Waals surface area contributed by atoms with Crippen molar-refractivity contribution in [2.24, 2.45) is 5.92 Å². The lowest BCUT2D eigenvalue weighted by Crippen LogP contribution is -2.33. The molecule has 0 radical (unpaired) electrons. The van der Waals surface area contributed by atoms with E-state index in [4.69, 9.17) is 14.8 Å². The topological polar surface area (TPSA) is 83.5 Å². The number of aromatic nitrogens is 1. The van der Waals surface area contributed by atoms with Crippen LogP contribution in [0.5, 0.6) is 5.75 Å². The lowest BCUT2D eigenvalue weighted by atomic mass is 9.86. The van der Waals surface area contributed by atoms with Crippen LogP contribution in [0.2, 0.25) is 0 Å². The summed E-state index contributed by atoms with van der Waals surface area (Å²) in [5.74, 6) is 1.34. The molecule has 0 unspecified atom stereocenters. The predicted octanol–water partition coefficient (Wildman–Crippen LogP) is 3.94. The first kappa shape index (κ1) is 16.2. The molecule has 1 aromatic heterocycles. The maximum absolute atomic E-state index is 10.6. The Morgan fingerprint density at radius 1 is 1.28 bits per heavy atom. The number of nitrogens with zero attached hydrogens (tertiary/aromatic N) is 1. The van der Waals surface area contributed by atoms with Crippen molar-refractivity contribution in [3.05, 3.63) is 29.1 Å². The number of benzene rings is 1. The van der Waals surface area contributed by atoms with Crippen LogP contribution in [-0.4, -0.2) is 28.8 Å². The van der Waals surface area contributed by atoms with Gasteiger partial charge in [-0.2, -0.15) is 0 Å². The van der Waals surface area contributed by atoms with Crippen LogP contribution in [0.15, 0.2) is 24.3 Å². The molecule has 0 bridgehead atoms. The van der Waals surface area contributed by atoms with Crippen LogP contribution >= 0.6 is 11.3 Å². The number of thiazole rings is 1. The summed E-state index contributed by atoms with van der Waals surface area (Å²) in [6.07, 6.45) is 3.23. The van der Waals surface area contributed by atoms with Crippen molar-refractivity contribution in [2.45, 2.75) is 38.3 Å². The van der Waals surface area contributed by atoms with Crippen molar-refractivity contribution >= 4 is 22.6 Å². The lowest BCUT2D eigenvalue weighted by molar-refractivity contribution is 0.190. The fourth-order valence-electron chi connectivity index (χ4n) is 3.57. The number of carboxylic acid groups (broad SMARTS) is 1. The summed E-state index contributed by atoms with van der Waals surface area (Å²) in [6, 6.07) is 8.43. The second-order valence-corrected chi connectivity index (χ2v) is 7.71. The zero-order valence-electron chi connectivity index (χ0n) is 13.8. The van der Waals surface area contributed by atoms with Gasteiger partial charge >= 0.3 is 6.09 Å². The molecule has 0 saturated heterocycles. The number of hydrogen-bond donors (Lipinski definition) is 3. The second kappa shape index (κ2) is 6.92. The first-order valence-electron chi connectivity index (χ1n) is 8.64. The van der Waals surface area contributed by atoms with Gasteiger partial charge in [-0.1, -0.05) is 23.5 Å². The highest BCUT2D eigenvalue weighted by atomic mass is 32.1. The largest absolute Gasteiger partial charge is 0.487 e. The Labute approximate surface area is 150 Å². The normalized spacial score (nSPS) is 21.6. The number of carbonyl (C=O) groups is 1. The zero-order valence-corrected chi connectivity index (χ0v) is 14.6. The third-order valence-electron chi connectivity index (χ3n) is 4.91. The Kier molecular flexibility index (Phi) is 4.48. The van der Waals surface area contributed by atoms with Gasteiger partial charge < -0.3 is 20.5 Å². The number of ether oxygens (including phenoxy) is 1. The van der Waals surface area contributed by atoms with Crippen LogP contribution in [0.3, 0.4) is 0 Å². The van der Waals surface area contributed by atoms with Crippen molar-refractivity contribution in [3.8, 4) is 17.0 Å². The van der Waals surface area contributed by atoms with E-state index in [-0.39, 0.29) is 0 Å². The first-order chi connectivity index (χ1) is 12.2. The second-order valence-electron chi connectivity index (χ2n) is 6.62. The third-order valence-corrected chi connectivity index (χ3v) is 5.87. The molecule has 2 aliphatic rings. The van der Waals surface area contributed by atoms with Crippen LogP contribution in [0.25, 0.3) is 11.3 Å². The van der Waals surface area contributed by atoms with E-state index in [1.54, 1.807) is 11.3 Å². The van der Waals surface area contributed by atoms with Crippen LogP contribution in [0.4, 0.5) is 9.93 Å². The minimum absolute atomic E-state index is 0.407. The van der Waals surface area contributed by atoms with Crippen molar-refractivity contribution in [1.82, 2.24) is 10.3 Å². The Hall–Kier alpha value is -2.28. The molecule has 4 rings (SSSR count). The summed E-state index contributed by atoms with van der Waals surface area (Å²) in [6.45, 7) is 1.14. The van der Waals surface area contributed by atoms with E-state index in [1.807, 2.05) is 18.2 Å². The summed E-state index contributed by atoms with van der Waals surface area (Å²) in [5.41, 5.74) is 2.10. The highest BCUT2D eigenvalue weighted by Gasteiger charge is 2.25. The van der Waals surface area contributed by atoms with Gasteiger partial charge in [0.2, 0.25) is 0 Å². The van der Waals surface area contributed by atoms with E-state index in [0.29, 0.717) is 25.1 Å². The molecule has 2 aromatic rings. The number of amides is 1. The average Bonchev–Trinajstić information content (AvgIpc) is 3.04. The van der Waals surface area contributed by atoms with E-state index in [1.165, 1.54) is 4.88 Å². The molecule has 1 amide bonds. The van der Waals surface area contributed by atoms with Gasteiger partial charge in [0.05, 0.1) is 10.6 Å². The van der Waals surface area contributed by atoms with Gasteiger partial charge in [-0.3, -0.25) is 0 Å². The van der Waals surface area contributed by atoms with E-state index >= 15 is 0 Å². The number of hydrogen-bond acceptors (Lipinski definition) is 5. The molecule has 0 atom stereocenters. The number of nitrogens with one attached hydrogen (secondary N) is 2. The standard InChI is InChI=1S/C18H21N3O3S/c22-18(23)19-9-11-5-7-12(8-6-11)20-17-21-16-13-3-1-2-4-14(13)24-10-15(16)25-17/h1-4,11-12,19H,5-10H2,(H,20,21)(H,22,23). The monoisotopic (exact) mass is 359 g/mol. The first-order valence-corrected chi connectivity index (χ1v) is 9.46. The minimum Gasteiger partial charge on any atom is -0.487 e. The molecule has 1 fully saturated rings. The molecule has 1 aliphatic carbocycles. The quantitative estimate of drug-likeness (QED) is 0.770. The minimum atomic E-state index is -0.934. The van der Waals surface area contributed by atoms with Crippen molar-refractivity contribution in [3.63, 3.8) is 0 Å². The average molecular weight is 359 g/mol. The molecular formula is C18H21N3O3S. The number of rotatable bonds is 4. The highest BCUT2D eigenvalue weighted by Crippen LogP contribution is 2.41. The molecule has 1 aliphatic heterocycles. The zero-order chi connectivity index (χ0) is 17.2. The number of fused-ring (bicyclic) bond motifs is 3. The summed E-state index contributed by atoms with van der Waals surface area (Å²) in [5, 5.41) is 15.7. The van der Waals surface area contributed by atoms with E-state index in [2.05, 4.69) is 16.7 Å². The maximum Gasteiger partial charge on any atom is 0.404 e. The fourth-order valence-corrected chi connectivity index (χ4v) is 4.54. The van der Waals surface area contributed by atoms with Crippen LogP contribution in [-0.2, 0) is 6.61 Å². The molecule has 25 heavy (non-hydrogen) atoms. The van der Waals surface area contributed by atoms with Gasteiger partial charge in [0, 0.05) is 18.2 Å². The SMILES string of the molecule is O=C(O)NCC1CCC(Nc2nc3c(s2)COc2ccccc2-3)CC1.